The Balaban J connectivity index is 1.03. The number of H-pyrrole nitrogens is 2. The van der Waals surface area contributed by atoms with Gasteiger partial charge in [0.05, 0.1) is 41.3 Å². The Morgan fingerprint density at radius 2 is 1.31 bits per heavy atom. The van der Waals surface area contributed by atoms with Crippen LogP contribution in [-0.4, -0.2) is 73.9 Å². The molecule has 310 valence electrons. The van der Waals surface area contributed by atoms with Crippen LogP contribution in [0.1, 0.15) is 127 Å². The van der Waals surface area contributed by atoms with E-state index in [1.54, 1.807) is 0 Å². The number of hydrogen-bond donors (Lipinski definition) is 3. The topological polar surface area (TPSA) is 136 Å². The first-order valence-corrected chi connectivity index (χ1v) is 22.1. The van der Waals surface area contributed by atoms with Gasteiger partial charge in [0.2, 0.25) is 11.8 Å². The maximum Gasteiger partial charge on any atom is 0.407 e. The molecule has 2 aliphatic heterocycles. The summed E-state index contributed by atoms with van der Waals surface area (Å²) in [7, 11) is 1.32. The van der Waals surface area contributed by atoms with E-state index >= 15 is 0 Å². The highest BCUT2D eigenvalue weighted by molar-refractivity contribution is 5.89. The van der Waals surface area contributed by atoms with Crippen LogP contribution in [0.2, 0.25) is 0 Å². The largest absolute Gasteiger partial charge is 0.453 e. The number of aromatic amines is 2. The molecular formula is C48H59N7O4. The van der Waals surface area contributed by atoms with Crippen molar-refractivity contribution in [2.24, 2.45) is 17.3 Å². The maximum atomic E-state index is 13.8. The van der Waals surface area contributed by atoms with Gasteiger partial charge in [0.15, 0.2) is 0 Å². The molecule has 11 nitrogen and oxygen atoms in total. The zero-order chi connectivity index (χ0) is 41.0. The number of rotatable bonds is 9. The van der Waals surface area contributed by atoms with Crippen molar-refractivity contribution in [2.45, 2.75) is 123 Å². The molecule has 9 rings (SSSR count). The Hall–Kier alpha value is -5.19. The van der Waals surface area contributed by atoms with E-state index in [-0.39, 0.29) is 29.8 Å². The van der Waals surface area contributed by atoms with Crippen molar-refractivity contribution in [1.29, 1.82) is 0 Å². The second kappa shape index (κ2) is 15.8. The van der Waals surface area contributed by atoms with Gasteiger partial charge in [0.1, 0.15) is 17.7 Å². The van der Waals surface area contributed by atoms with Crippen LogP contribution in [0, 0.1) is 17.3 Å². The maximum absolute atomic E-state index is 13.8. The molecule has 3 amide bonds. The second-order valence-corrected chi connectivity index (χ2v) is 18.6. The van der Waals surface area contributed by atoms with Gasteiger partial charge in [-0.1, -0.05) is 71.2 Å². The standard InChI is InChI=1S/C48H59N7O4/c1-28(2)23-42(56)54-21-9-11-40(54)44-49-36-17-13-30(24-38(36)51-44)32-15-16-33(35-27-48(26-34(32)35)19-7-6-8-20-48)31-14-18-37-39(25-31)52-45(50-37)41-12-10-22-55(41)46(57)43(29(3)4)53-47(58)59-5/h13-18,24-25,28-29,40-41,43H,6-12,19-23,26-27H2,1-5H3,(H,49,51)(H,50,52)(H,53,58). The molecule has 2 saturated heterocycles. The van der Waals surface area contributed by atoms with Crippen LogP contribution in [-0.2, 0) is 27.2 Å². The van der Waals surface area contributed by atoms with E-state index in [1.165, 1.54) is 72.6 Å². The van der Waals surface area contributed by atoms with Gasteiger partial charge in [-0.25, -0.2) is 14.8 Å². The molecule has 11 heteroatoms. The lowest BCUT2D eigenvalue weighted by Gasteiger charge is -2.33. The second-order valence-electron chi connectivity index (χ2n) is 18.6. The summed E-state index contributed by atoms with van der Waals surface area (Å²) in [6.45, 7) is 9.49. The fraction of sp³-hybridized carbons (Fsp3) is 0.521. The summed E-state index contributed by atoms with van der Waals surface area (Å²) in [4.78, 5) is 60.3. The van der Waals surface area contributed by atoms with Crippen molar-refractivity contribution in [3.05, 3.63) is 71.3 Å². The van der Waals surface area contributed by atoms with Crippen LogP contribution < -0.4 is 5.32 Å². The molecule has 2 aromatic heterocycles. The number of hydrogen-bond acceptors (Lipinski definition) is 6. The average Bonchev–Trinajstić information content (AvgIpc) is 4.07. The van der Waals surface area contributed by atoms with Crippen LogP contribution >= 0.6 is 0 Å². The predicted octanol–water partition coefficient (Wildman–Crippen LogP) is 9.58. The number of ether oxygens (including phenoxy) is 1. The van der Waals surface area contributed by atoms with E-state index in [2.05, 4.69) is 77.7 Å². The van der Waals surface area contributed by atoms with E-state index in [0.717, 1.165) is 78.8 Å². The molecule has 2 aliphatic carbocycles. The highest BCUT2D eigenvalue weighted by atomic mass is 16.5. The zero-order valence-corrected chi connectivity index (χ0v) is 35.3. The van der Waals surface area contributed by atoms with E-state index < -0.39 is 12.1 Å². The Kier molecular flexibility index (Phi) is 10.5. The Morgan fingerprint density at radius 1 is 0.763 bits per heavy atom. The average molecular weight is 798 g/mol. The van der Waals surface area contributed by atoms with Crippen molar-refractivity contribution in [2.75, 3.05) is 20.2 Å². The number of benzene rings is 3. The monoisotopic (exact) mass is 797 g/mol. The van der Waals surface area contributed by atoms with Gasteiger partial charge in [-0.2, -0.15) is 0 Å². The summed E-state index contributed by atoms with van der Waals surface area (Å²) in [6, 6.07) is 17.0. The first-order valence-electron chi connectivity index (χ1n) is 22.1. The van der Waals surface area contributed by atoms with Gasteiger partial charge in [0, 0.05) is 19.5 Å². The molecule has 3 N–H and O–H groups in total. The fourth-order valence-electron chi connectivity index (χ4n) is 10.8. The summed E-state index contributed by atoms with van der Waals surface area (Å²) < 4.78 is 4.83. The molecule has 0 radical (unpaired) electrons. The molecule has 59 heavy (non-hydrogen) atoms. The van der Waals surface area contributed by atoms with Crippen molar-refractivity contribution in [3.8, 4) is 22.3 Å². The van der Waals surface area contributed by atoms with Crippen LogP contribution in [0.15, 0.2) is 48.5 Å². The molecule has 3 aromatic carbocycles. The molecule has 3 atom stereocenters. The number of carbonyl (C=O) groups is 3. The van der Waals surface area contributed by atoms with Crippen molar-refractivity contribution in [1.82, 2.24) is 35.1 Å². The van der Waals surface area contributed by atoms with E-state index in [0.29, 0.717) is 24.3 Å². The van der Waals surface area contributed by atoms with Crippen LogP contribution in [0.4, 0.5) is 4.79 Å². The van der Waals surface area contributed by atoms with Gasteiger partial charge in [0.25, 0.3) is 0 Å². The summed E-state index contributed by atoms with van der Waals surface area (Å²) >= 11 is 0. The third kappa shape index (κ3) is 7.39. The molecule has 5 aromatic rings. The summed E-state index contributed by atoms with van der Waals surface area (Å²) in [5, 5.41) is 2.75. The number of fused-ring (bicyclic) bond motifs is 3. The zero-order valence-electron chi connectivity index (χ0n) is 35.3. The van der Waals surface area contributed by atoms with E-state index in [4.69, 9.17) is 14.7 Å². The quantitative estimate of drug-likeness (QED) is 0.136. The van der Waals surface area contributed by atoms with Crippen LogP contribution in [0.3, 0.4) is 0 Å². The third-order valence-corrected chi connectivity index (χ3v) is 13.8. The number of methoxy groups -OCH3 is 1. The predicted molar refractivity (Wildman–Crippen MR) is 231 cm³/mol. The number of nitrogens with one attached hydrogen (secondary N) is 3. The Morgan fingerprint density at radius 3 is 1.83 bits per heavy atom. The van der Waals surface area contributed by atoms with Crippen LogP contribution in [0.25, 0.3) is 44.3 Å². The first kappa shape index (κ1) is 39.3. The lowest BCUT2D eigenvalue weighted by atomic mass is 9.72. The number of nitrogens with zero attached hydrogens (tertiary/aromatic N) is 4. The van der Waals surface area contributed by atoms with Gasteiger partial charge in [-0.05, 0) is 126 Å². The normalized spacial score (nSPS) is 20.7. The molecule has 3 fully saturated rings. The number of amides is 3. The summed E-state index contributed by atoms with van der Waals surface area (Å²) in [6.07, 6.45) is 12.2. The minimum atomic E-state index is -0.676. The summed E-state index contributed by atoms with van der Waals surface area (Å²) in [5.41, 5.74) is 12.0. The molecule has 3 unspecified atom stereocenters. The molecule has 4 aliphatic rings. The van der Waals surface area contributed by atoms with E-state index in [1.807, 2.05) is 23.6 Å². The van der Waals surface area contributed by atoms with Crippen molar-refractivity contribution < 1.29 is 19.1 Å². The molecular weight excluding hydrogens is 739 g/mol. The number of imidazole rings is 2. The fourth-order valence-corrected chi connectivity index (χ4v) is 10.8. The van der Waals surface area contributed by atoms with Gasteiger partial charge < -0.3 is 29.8 Å². The van der Waals surface area contributed by atoms with Crippen molar-refractivity contribution in [3.63, 3.8) is 0 Å². The minimum absolute atomic E-state index is 0.00207. The Labute approximate surface area is 347 Å². The van der Waals surface area contributed by atoms with Gasteiger partial charge in [-0.3, -0.25) is 9.59 Å². The van der Waals surface area contributed by atoms with Gasteiger partial charge >= 0.3 is 6.09 Å². The van der Waals surface area contributed by atoms with Gasteiger partial charge in [-0.15, -0.1) is 0 Å². The lowest BCUT2D eigenvalue weighted by Crippen LogP contribution is -2.51. The number of likely N-dealkylation sites (tertiary alicyclic amines) is 2. The molecule has 0 bridgehead atoms. The number of alkyl carbamates (subject to hydrolysis) is 1. The molecule has 1 spiro atoms. The summed E-state index contributed by atoms with van der Waals surface area (Å²) in [5.74, 6) is 2.03. The smallest absolute Gasteiger partial charge is 0.407 e. The highest BCUT2D eigenvalue weighted by Crippen LogP contribution is 2.52. The minimum Gasteiger partial charge on any atom is -0.453 e. The van der Waals surface area contributed by atoms with Crippen molar-refractivity contribution >= 4 is 40.0 Å². The lowest BCUT2D eigenvalue weighted by molar-refractivity contribution is -0.135. The SMILES string of the molecule is COC(=O)NC(C(=O)N1CCCC1c1nc2ccc(-c3ccc(-c4ccc5nc(C6CCCN6C(=O)CC(C)C)[nH]c5c4)c4c3CC3(CCCCC3)C4)cc2[nH]1)C(C)C. The number of aromatic nitrogens is 4. The van der Waals surface area contributed by atoms with Crippen LogP contribution in [0.5, 0.6) is 0 Å². The highest BCUT2D eigenvalue weighted by Gasteiger charge is 2.41. The Bertz CT molecular complexity index is 2400. The molecule has 1 saturated carbocycles. The number of carbonyl (C=O) groups excluding carboxylic acids is 3. The first-order chi connectivity index (χ1) is 28.5. The van der Waals surface area contributed by atoms with E-state index in [9.17, 15) is 14.4 Å². The third-order valence-electron chi connectivity index (χ3n) is 13.8. The molecule has 4 heterocycles.